The average Bonchev–Trinajstić information content (AvgIpc) is 3.62. The molecule has 0 amide bonds. The fourth-order valence-corrected chi connectivity index (χ4v) is 9.56. The van der Waals surface area contributed by atoms with Crippen molar-refractivity contribution in [2.24, 2.45) is 0 Å². The molecule has 1 aliphatic carbocycles. The van der Waals surface area contributed by atoms with E-state index < -0.39 is 5.41 Å². The van der Waals surface area contributed by atoms with Crippen LogP contribution >= 0.6 is 0 Å². The van der Waals surface area contributed by atoms with E-state index in [0.717, 1.165) is 45.1 Å². The molecular formula is C57H41NO2. The summed E-state index contributed by atoms with van der Waals surface area (Å²) in [6, 6.07) is 75.7. The highest BCUT2D eigenvalue weighted by Gasteiger charge is 2.48. The Bertz CT molecular complexity index is 3020. The van der Waals surface area contributed by atoms with Crippen LogP contribution in [0.25, 0.3) is 33.4 Å². The van der Waals surface area contributed by atoms with Crippen molar-refractivity contribution < 1.29 is 9.47 Å². The van der Waals surface area contributed by atoms with Crippen LogP contribution in [0.3, 0.4) is 0 Å². The van der Waals surface area contributed by atoms with Crippen LogP contribution in [0.4, 0.5) is 17.1 Å². The van der Waals surface area contributed by atoms with Crippen molar-refractivity contribution in [1.29, 1.82) is 0 Å². The zero-order chi connectivity index (χ0) is 40.2. The molecule has 3 nitrogen and oxygen atoms in total. The lowest BCUT2D eigenvalue weighted by atomic mass is 9.68. The number of ether oxygens (including phenoxy) is 2. The highest BCUT2D eigenvalue weighted by atomic mass is 16.6. The van der Waals surface area contributed by atoms with Gasteiger partial charge in [0.1, 0.15) is 0 Å². The number of aryl methyl sites for hydroxylation is 2. The molecule has 0 spiro atoms. The van der Waals surface area contributed by atoms with Gasteiger partial charge in [-0.15, -0.1) is 0 Å². The van der Waals surface area contributed by atoms with Crippen LogP contribution in [0.2, 0.25) is 0 Å². The van der Waals surface area contributed by atoms with E-state index in [4.69, 9.17) is 9.47 Å². The van der Waals surface area contributed by atoms with Crippen molar-refractivity contribution in [2.75, 3.05) is 4.90 Å². The molecule has 1 aliphatic heterocycles. The van der Waals surface area contributed by atoms with Gasteiger partial charge in [-0.25, -0.2) is 0 Å². The molecule has 0 bridgehead atoms. The van der Waals surface area contributed by atoms with Crippen molar-refractivity contribution in [3.8, 4) is 56.4 Å². The van der Waals surface area contributed by atoms with Crippen LogP contribution in [-0.4, -0.2) is 0 Å². The standard InChI is InChI=1S/C57H41NO2/c1-38-18-12-13-25-45(38)48-36-43(31-30-39(48)2)58(51-29-17-15-26-46(51)40-19-6-3-7-20-40)44-32-34-52-54(37-44)59-53-35-33-50-55(56(53)60-52)47-27-14-16-28-49(47)57(50,41-21-8-4-9-22-41)42-23-10-5-11-24-42/h3-37H,1-2H3. The first-order chi connectivity index (χ1) is 29.6. The van der Waals surface area contributed by atoms with Gasteiger partial charge in [-0.2, -0.15) is 0 Å². The smallest absolute Gasteiger partial charge is 0.178 e. The molecule has 0 unspecified atom stereocenters. The van der Waals surface area contributed by atoms with E-state index in [-0.39, 0.29) is 0 Å². The number of rotatable bonds is 7. The summed E-state index contributed by atoms with van der Waals surface area (Å²) < 4.78 is 14.0. The predicted molar refractivity (Wildman–Crippen MR) is 245 cm³/mol. The molecule has 3 heteroatoms. The second-order valence-corrected chi connectivity index (χ2v) is 15.7. The Morgan fingerprint density at radius 3 is 1.68 bits per heavy atom. The van der Waals surface area contributed by atoms with Gasteiger partial charge in [-0.3, -0.25) is 0 Å². The van der Waals surface area contributed by atoms with Gasteiger partial charge in [0, 0.05) is 22.9 Å². The van der Waals surface area contributed by atoms with E-state index in [2.05, 4.69) is 231 Å². The predicted octanol–water partition coefficient (Wildman–Crippen LogP) is 15.4. The Labute approximate surface area is 351 Å². The minimum absolute atomic E-state index is 0.533. The number of fused-ring (bicyclic) bond motifs is 6. The second kappa shape index (κ2) is 14.3. The first kappa shape index (κ1) is 35.5. The molecule has 60 heavy (non-hydrogen) atoms. The highest BCUT2D eigenvalue weighted by molar-refractivity contribution is 5.93. The Hall–Kier alpha value is -7.62. The topological polar surface area (TPSA) is 21.7 Å². The lowest BCUT2D eigenvalue weighted by Gasteiger charge is -2.34. The summed E-state index contributed by atoms with van der Waals surface area (Å²) in [5, 5.41) is 0. The molecule has 0 fully saturated rings. The Kier molecular flexibility index (Phi) is 8.49. The number of hydrogen-bond donors (Lipinski definition) is 0. The van der Waals surface area contributed by atoms with Crippen molar-refractivity contribution in [3.63, 3.8) is 0 Å². The highest BCUT2D eigenvalue weighted by Crippen LogP contribution is 2.62. The summed E-state index contributed by atoms with van der Waals surface area (Å²) in [6.07, 6.45) is 0. The van der Waals surface area contributed by atoms with E-state index in [1.165, 1.54) is 44.5 Å². The monoisotopic (exact) mass is 771 g/mol. The van der Waals surface area contributed by atoms with Gasteiger partial charge in [0.25, 0.3) is 0 Å². The Balaban J connectivity index is 1.07. The maximum atomic E-state index is 7.04. The van der Waals surface area contributed by atoms with Crippen molar-refractivity contribution in [3.05, 3.63) is 246 Å². The molecule has 0 radical (unpaired) electrons. The van der Waals surface area contributed by atoms with Crippen LogP contribution in [0.1, 0.15) is 33.4 Å². The SMILES string of the molecule is Cc1ccccc1-c1cc(N(c2ccc3c(c2)Oc2ccc4c(c2O3)-c2ccccc2C4(c2ccccc2)c2ccccc2)c2ccccc2-c2ccccc2)ccc1C. The molecule has 9 aromatic rings. The minimum Gasteiger partial charge on any atom is -0.449 e. The van der Waals surface area contributed by atoms with Crippen molar-refractivity contribution in [2.45, 2.75) is 19.3 Å². The Morgan fingerprint density at radius 1 is 0.383 bits per heavy atom. The summed E-state index contributed by atoms with van der Waals surface area (Å²) in [4.78, 5) is 2.34. The zero-order valence-corrected chi connectivity index (χ0v) is 33.5. The maximum Gasteiger partial charge on any atom is 0.178 e. The van der Waals surface area contributed by atoms with Crippen LogP contribution in [0.15, 0.2) is 212 Å². The number of benzene rings is 9. The van der Waals surface area contributed by atoms with Gasteiger partial charge in [-0.05, 0) is 106 Å². The quantitative estimate of drug-likeness (QED) is 0.161. The molecule has 0 saturated heterocycles. The number of para-hydroxylation sites is 1. The third-order valence-electron chi connectivity index (χ3n) is 12.3. The third-order valence-corrected chi connectivity index (χ3v) is 12.3. The average molecular weight is 772 g/mol. The molecule has 2 aliphatic rings. The van der Waals surface area contributed by atoms with Gasteiger partial charge in [-0.1, -0.05) is 170 Å². The molecule has 0 atom stereocenters. The van der Waals surface area contributed by atoms with Gasteiger partial charge in [0.15, 0.2) is 23.0 Å². The molecule has 0 aromatic heterocycles. The van der Waals surface area contributed by atoms with Gasteiger partial charge < -0.3 is 14.4 Å². The molecule has 9 aromatic carbocycles. The summed E-state index contributed by atoms with van der Waals surface area (Å²) in [6.45, 7) is 4.37. The van der Waals surface area contributed by atoms with E-state index in [1.54, 1.807) is 0 Å². The first-order valence-corrected chi connectivity index (χ1v) is 20.6. The minimum atomic E-state index is -0.533. The van der Waals surface area contributed by atoms with Crippen LogP contribution in [0.5, 0.6) is 23.0 Å². The number of hydrogen-bond acceptors (Lipinski definition) is 3. The first-order valence-electron chi connectivity index (χ1n) is 20.6. The van der Waals surface area contributed by atoms with E-state index in [1.807, 2.05) is 0 Å². The summed E-state index contributed by atoms with van der Waals surface area (Å²) >= 11 is 0. The Morgan fingerprint density at radius 2 is 0.950 bits per heavy atom. The number of anilines is 3. The number of nitrogens with zero attached hydrogens (tertiary/aromatic N) is 1. The van der Waals surface area contributed by atoms with Crippen molar-refractivity contribution in [1.82, 2.24) is 0 Å². The van der Waals surface area contributed by atoms with E-state index in [0.29, 0.717) is 17.2 Å². The fraction of sp³-hybridized carbons (Fsp3) is 0.0526. The zero-order valence-electron chi connectivity index (χ0n) is 33.5. The summed E-state index contributed by atoms with van der Waals surface area (Å²) in [7, 11) is 0. The lowest BCUT2D eigenvalue weighted by molar-refractivity contribution is 0.360. The van der Waals surface area contributed by atoms with Crippen LogP contribution in [-0.2, 0) is 5.41 Å². The molecule has 286 valence electrons. The molecule has 11 rings (SSSR count). The van der Waals surface area contributed by atoms with Crippen LogP contribution < -0.4 is 14.4 Å². The van der Waals surface area contributed by atoms with Crippen LogP contribution in [0, 0.1) is 13.8 Å². The normalized spacial score (nSPS) is 12.9. The summed E-state index contributed by atoms with van der Waals surface area (Å²) in [5.41, 5.74) is 16.7. The largest absolute Gasteiger partial charge is 0.449 e. The van der Waals surface area contributed by atoms with E-state index >= 15 is 0 Å². The summed E-state index contributed by atoms with van der Waals surface area (Å²) in [5.74, 6) is 2.77. The molecular weight excluding hydrogens is 731 g/mol. The lowest BCUT2D eigenvalue weighted by Crippen LogP contribution is -2.28. The molecule has 0 N–H and O–H groups in total. The fourth-order valence-electron chi connectivity index (χ4n) is 9.56. The molecule has 1 heterocycles. The van der Waals surface area contributed by atoms with Crippen molar-refractivity contribution >= 4 is 17.1 Å². The molecule has 0 saturated carbocycles. The third kappa shape index (κ3) is 5.58. The van der Waals surface area contributed by atoms with Gasteiger partial charge >= 0.3 is 0 Å². The maximum absolute atomic E-state index is 7.04. The van der Waals surface area contributed by atoms with Gasteiger partial charge in [0.2, 0.25) is 0 Å². The van der Waals surface area contributed by atoms with E-state index in [9.17, 15) is 0 Å². The van der Waals surface area contributed by atoms with Gasteiger partial charge in [0.05, 0.1) is 16.8 Å². The second-order valence-electron chi connectivity index (χ2n) is 15.7.